The second kappa shape index (κ2) is 4.69. The fourth-order valence-electron chi connectivity index (χ4n) is 3.80. The molecule has 0 bridgehead atoms. The molecule has 2 aliphatic carbocycles. The number of hydrogen-bond donors (Lipinski definition) is 1. The number of hydrogen-bond acceptors (Lipinski definition) is 3. The number of nitrogens with zero attached hydrogens (tertiary/aromatic N) is 1. The normalized spacial score (nSPS) is 35.9. The Morgan fingerprint density at radius 2 is 1.84 bits per heavy atom. The van der Waals surface area contributed by atoms with E-state index < -0.39 is 11.6 Å². The Bertz CT molecular complexity index is 381. The van der Waals surface area contributed by atoms with E-state index in [4.69, 9.17) is 9.84 Å². The van der Waals surface area contributed by atoms with Crippen LogP contribution in [0.5, 0.6) is 0 Å². The van der Waals surface area contributed by atoms with Gasteiger partial charge in [0, 0.05) is 6.04 Å². The summed E-state index contributed by atoms with van der Waals surface area (Å²) in [5.74, 6) is -0.975. The number of carbonyl (C=O) groups excluding carboxylic acids is 1. The molecule has 1 aliphatic heterocycles. The lowest BCUT2D eigenvalue weighted by Crippen LogP contribution is -2.41. The first-order valence-electron chi connectivity index (χ1n) is 7.32. The molecular weight excluding hydrogens is 246 g/mol. The van der Waals surface area contributed by atoms with Crippen molar-refractivity contribution < 1.29 is 19.4 Å². The van der Waals surface area contributed by atoms with E-state index >= 15 is 0 Å². The van der Waals surface area contributed by atoms with Crippen LogP contribution in [-0.4, -0.2) is 40.3 Å². The zero-order valence-corrected chi connectivity index (χ0v) is 11.1. The molecule has 1 saturated heterocycles. The number of rotatable bonds is 2. The van der Waals surface area contributed by atoms with Gasteiger partial charge >= 0.3 is 12.1 Å². The zero-order chi connectivity index (χ0) is 13.5. The lowest BCUT2D eigenvalue weighted by molar-refractivity contribution is -0.144. The molecule has 2 saturated carbocycles. The van der Waals surface area contributed by atoms with Crippen molar-refractivity contribution >= 4 is 12.1 Å². The molecule has 0 aromatic rings. The van der Waals surface area contributed by atoms with Crippen LogP contribution in [0.25, 0.3) is 0 Å². The smallest absolute Gasteiger partial charge is 0.410 e. The highest BCUT2D eigenvalue weighted by molar-refractivity contribution is 5.72. The van der Waals surface area contributed by atoms with Crippen LogP contribution in [-0.2, 0) is 9.53 Å². The maximum absolute atomic E-state index is 12.0. The van der Waals surface area contributed by atoms with Crippen molar-refractivity contribution in [3.8, 4) is 0 Å². The summed E-state index contributed by atoms with van der Waals surface area (Å²) in [4.78, 5) is 24.9. The molecule has 19 heavy (non-hydrogen) atoms. The van der Waals surface area contributed by atoms with Crippen LogP contribution in [0.1, 0.15) is 51.4 Å². The van der Waals surface area contributed by atoms with Crippen molar-refractivity contribution in [3.05, 3.63) is 0 Å². The Kier molecular flexibility index (Phi) is 3.15. The molecule has 0 aromatic heterocycles. The van der Waals surface area contributed by atoms with Gasteiger partial charge in [0.05, 0.1) is 12.5 Å². The van der Waals surface area contributed by atoms with Crippen LogP contribution in [0.2, 0.25) is 0 Å². The average Bonchev–Trinajstić information content (AvgIpc) is 2.98. The van der Waals surface area contributed by atoms with Gasteiger partial charge in [-0.05, 0) is 38.5 Å². The number of carboxylic acid groups (broad SMARTS) is 1. The Morgan fingerprint density at radius 3 is 2.42 bits per heavy atom. The van der Waals surface area contributed by atoms with Gasteiger partial charge in [0.25, 0.3) is 0 Å². The highest BCUT2D eigenvalue weighted by Crippen LogP contribution is 2.41. The van der Waals surface area contributed by atoms with Crippen molar-refractivity contribution in [2.75, 3.05) is 6.54 Å². The quantitative estimate of drug-likeness (QED) is 0.834. The van der Waals surface area contributed by atoms with Crippen molar-refractivity contribution in [2.24, 2.45) is 5.92 Å². The fraction of sp³-hybridized carbons (Fsp3) is 0.857. The lowest BCUT2D eigenvalue weighted by atomic mass is 9.78. The van der Waals surface area contributed by atoms with Crippen LogP contribution in [0.15, 0.2) is 0 Å². The first kappa shape index (κ1) is 12.8. The summed E-state index contributed by atoms with van der Waals surface area (Å²) in [6.07, 6.45) is 7.03. The fourth-order valence-corrected chi connectivity index (χ4v) is 3.80. The molecule has 1 heterocycles. The maximum atomic E-state index is 12.0. The summed E-state index contributed by atoms with van der Waals surface area (Å²) in [5, 5.41) is 9.03. The molecule has 1 amide bonds. The standard InChI is InChI=1S/C14H21NO4/c16-12(17)10-5-7-14(8-6-10)9-15(13(18)19-14)11-3-1-2-4-11/h10-11H,1-9H2,(H,16,17). The van der Waals surface area contributed by atoms with Gasteiger partial charge in [-0.1, -0.05) is 12.8 Å². The third-order valence-corrected chi connectivity index (χ3v) is 5.01. The van der Waals surface area contributed by atoms with E-state index in [1.54, 1.807) is 0 Å². The molecule has 0 aromatic carbocycles. The van der Waals surface area contributed by atoms with E-state index in [0.717, 1.165) is 12.8 Å². The van der Waals surface area contributed by atoms with E-state index in [-0.39, 0.29) is 12.0 Å². The first-order chi connectivity index (χ1) is 9.10. The van der Waals surface area contributed by atoms with Crippen molar-refractivity contribution in [1.82, 2.24) is 4.90 Å². The largest absolute Gasteiger partial charge is 0.481 e. The van der Waals surface area contributed by atoms with E-state index in [9.17, 15) is 9.59 Å². The van der Waals surface area contributed by atoms with Gasteiger partial charge in [-0.25, -0.2) is 4.79 Å². The lowest BCUT2D eigenvalue weighted by Gasteiger charge is -2.34. The number of carbonyl (C=O) groups is 2. The minimum absolute atomic E-state index is 0.180. The monoisotopic (exact) mass is 267 g/mol. The average molecular weight is 267 g/mol. The summed E-state index contributed by atoms with van der Waals surface area (Å²) >= 11 is 0. The zero-order valence-electron chi connectivity index (χ0n) is 11.1. The predicted octanol–water partition coefficient (Wildman–Crippen LogP) is 2.39. The molecule has 0 radical (unpaired) electrons. The SMILES string of the molecule is O=C(O)C1CCC2(CC1)CN(C1CCCC1)C(=O)O2. The van der Waals surface area contributed by atoms with Crippen LogP contribution >= 0.6 is 0 Å². The van der Waals surface area contributed by atoms with E-state index in [1.165, 1.54) is 12.8 Å². The molecule has 5 heteroatoms. The van der Waals surface area contributed by atoms with Crippen molar-refractivity contribution in [3.63, 3.8) is 0 Å². The van der Waals surface area contributed by atoms with Crippen molar-refractivity contribution in [1.29, 1.82) is 0 Å². The molecule has 106 valence electrons. The summed E-state index contributed by atoms with van der Waals surface area (Å²) in [6, 6.07) is 0.351. The van der Waals surface area contributed by atoms with Crippen molar-refractivity contribution in [2.45, 2.75) is 63.0 Å². The van der Waals surface area contributed by atoms with E-state index in [1.807, 2.05) is 4.90 Å². The highest BCUT2D eigenvalue weighted by atomic mass is 16.6. The molecule has 0 atom stereocenters. The summed E-state index contributed by atoms with van der Waals surface area (Å²) < 4.78 is 5.64. The van der Waals surface area contributed by atoms with Gasteiger partial charge in [0.15, 0.2) is 0 Å². The van der Waals surface area contributed by atoms with Gasteiger partial charge in [0.1, 0.15) is 5.60 Å². The molecule has 1 N–H and O–H groups in total. The highest BCUT2D eigenvalue weighted by Gasteiger charge is 2.49. The van der Waals surface area contributed by atoms with Crippen LogP contribution in [0, 0.1) is 5.92 Å². The van der Waals surface area contributed by atoms with Gasteiger partial charge in [-0.3, -0.25) is 4.79 Å². The molecule has 3 rings (SSSR count). The van der Waals surface area contributed by atoms with Gasteiger partial charge in [-0.2, -0.15) is 0 Å². The molecular formula is C14H21NO4. The number of carboxylic acids is 1. The summed E-state index contributed by atoms with van der Waals surface area (Å²) in [7, 11) is 0. The molecule has 0 unspecified atom stereocenters. The predicted molar refractivity (Wildman–Crippen MR) is 67.8 cm³/mol. The minimum atomic E-state index is -0.716. The topological polar surface area (TPSA) is 66.8 Å². The Hall–Kier alpha value is -1.26. The second-order valence-electron chi connectivity index (χ2n) is 6.23. The number of amides is 1. The minimum Gasteiger partial charge on any atom is -0.481 e. The number of ether oxygens (including phenoxy) is 1. The van der Waals surface area contributed by atoms with Crippen LogP contribution in [0.4, 0.5) is 4.79 Å². The summed E-state index contributed by atoms with van der Waals surface area (Å²) in [6.45, 7) is 0.669. The molecule has 5 nitrogen and oxygen atoms in total. The van der Waals surface area contributed by atoms with Gasteiger partial charge in [-0.15, -0.1) is 0 Å². The Labute approximate surface area is 112 Å². The van der Waals surface area contributed by atoms with Crippen LogP contribution < -0.4 is 0 Å². The molecule has 3 aliphatic rings. The van der Waals surface area contributed by atoms with Gasteiger partial charge < -0.3 is 14.7 Å². The van der Waals surface area contributed by atoms with Gasteiger partial charge in [0.2, 0.25) is 0 Å². The first-order valence-corrected chi connectivity index (χ1v) is 7.32. The third kappa shape index (κ3) is 2.30. The van der Waals surface area contributed by atoms with E-state index in [0.29, 0.717) is 38.3 Å². The molecule has 1 spiro atoms. The van der Waals surface area contributed by atoms with E-state index in [2.05, 4.69) is 0 Å². The third-order valence-electron chi connectivity index (χ3n) is 5.01. The Balaban J connectivity index is 1.64. The van der Waals surface area contributed by atoms with Crippen LogP contribution in [0.3, 0.4) is 0 Å². The maximum Gasteiger partial charge on any atom is 0.410 e. The molecule has 3 fully saturated rings. The summed E-state index contributed by atoms with van der Waals surface area (Å²) in [5.41, 5.74) is -0.397. The second-order valence-corrected chi connectivity index (χ2v) is 6.23. The Morgan fingerprint density at radius 1 is 1.21 bits per heavy atom. The number of aliphatic carboxylic acids is 1.